The van der Waals surface area contributed by atoms with Gasteiger partial charge in [0.05, 0.1) is 10.6 Å². The van der Waals surface area contributed by atoms with Gasteiger partial charge in [0.25, 0.3) is 0 Å². The molecule has 0 aromatic carbocycles. The van der Waals surface area contributed by atoms with E-state index in [9.17, 15) is 0 Å². The van der Waals surface area contributed by atoms with Crippen LogP contribution in [0.1, 0.15) is 11.8 Å². The Bertz CT molecular complexity index is 388. The molecule has 2 aromatic heterocycles. The van der Waals surface area contributed by atoms with E-state index in [1.165, 1.54) is 11.1 Å². The van der Waals surface area contributed by atoms with Crippen molar-refractivity contribution in [2.75, 3.05) is 0 Å². The maximum Gasteiger partial charge on any atom is 0.139 e. The Kier molecular flexibility index (Phi) is 2.18. The first-order chi connectivity index (χ1) is 6.36. The number of nitrogens with zero attached hydrogens (tertiary/aromatic N) is 4. The van der Waals surface area contributed by atoms with Crippen LogP contribution in [0.4, 0.5) is 0 Å². The average molecular weight is 192 g/mol. The fourth-order valence-electron chi connectivity index (χ4n) is 0.941. The zero-order chi connectivity index (χ0) is 9.10. The van der Waals surface area contributed by atoms with Crippen molar-refractivity contribution in [1.82, 2.24) is 14.9 Å². The summed E-state index contributed by atoms with van der Waals surface area (Å²) in [6.07, 6.45) is 3.03. The molecule has 4 nitrogen and oxygen atoms in total. The molecular formula is C8H8N4S. The van der Waals surface area contributed by atoms with Crippen molar-refractivity contribution in [2.45, 2.75) is 6.92 Å². The Labute approximate surface area is 79.6 Å². The minimum atomic E-state index is 0.945. The first-order valence-electron chi connectivity index (χ1n) is 3.80. The third-order valence-electron chi connectivity index (χ3n) is 1.54. The van der Waals surface area contributed by atoms with Gasteiger partial charge in [-0.15, -0.1) is 21.2 Å². The van der Waals surface area contributed by atoms with Crippen LogP contribution in [0.15, 0.2) is 35.3 Å². The molecule has 0 bridgehead atoms. The average Bonchev–Trinajstić information content (AvgIpc) is 2.74. The molecule has 0 atom stereocenters. The smallest absolute Gasteiger partial charge is 0.139 e. The van der Waals surface area contributed by atoms with Crippen LogP contribution in [0, 0.1) is 0 Å². The SMILES string of the molecule is C/C(=N/n1cncn1)c1cccs1. The summed E-state index contributed by atoms with van der Waals surface area (Å²) in [5.41, 5.74) is 0.945. The van der Waals surface area contributed by atoms with E-state index < -0.39 is 0 Å². The van der Waals surface area contributed by atoms with Crippen LogP contribution in [0.2, 0.25) is 0 Å². The molecule has 0 aliphatic carbocycles. The van der Waals surface area contributed by atoms with E-state index in [1.807, 2.05) is 24.4 Å². The summed E-state index contributed by atoms with van der Waals surface area (Å²) >= 11 is 1.66. The van der Waals surface area contributed by atoms with E-state index in [2.05, 4.69) is 15.2 Å². The van der Waals surface area contributed by atoms with Gasteiger partial charge in [-0.1, -0.05) is 6.07 Å². The lowest BCUT2D eigenvalue weighted by molar-refractivity contribution is 0.739. The van der Waals surface area contributed by atoms with Crippen LogP contribution in [0.5, 0.6) is 0 Å². The highest BCUT2D eigenvalue weighted by atomic mass is 32.1. The lowest BCUT2D eigenvalue weighted by Crippen LogP contribution is -1.97. The summed E-state index contributed by atoms with van der Waals surface area (Å²) in [5.74, 6) is 0. The Balaban J connectivity index is 2.27. The Morgan fingerprint density at radius 3 is 3.15 bits per heavy atom. The number of hydrogen-bond donors (Lipinski definition) is 0. The highest BCUT2D eigenvalue weighted by Crippen LogP contribution is 2.09. The molecule has 0 spiro atoms. The van der Waals surface area contributed by atoms with Crippen LogP contribution in [-0.4, -0.2) is 20.6 Å². The maximum atomic E-state index is 4.23. The van der Waals surface area contributed by atoms with Gasteiger partial charge in [-0.3, -0.25) is 0 Å². The molecule has 2 aromatic rings. The molecule has 0 saturated heterocycles. The van der Waals surface area contributed by atoms with E-state index in [0.717, 1.165) is 10.6 Å². The predicted octanol–water partition coefficient (Wildman–Crippen LogP) is 1.61. The van der Waals surface area contributed by atoms with Crippen molar-refractivity contribution >= 4 is 17.0 Å². The summed E-state index contributed by atoms with van der Waals surface area (Å²) in [6.45, 7) is 1.95. The third-order valence-corrected chi connectivity index (χ3v) is 2.52. The lowest BCUT2D eigenvalue weighted by atomic mass is 10.3. The van der Waals surface area contributed by atoms with Crippen LogP contribution in [-0.2, 0) is 0 Å². The van der Waals surface area contributed by atoms with Crippen LogP contribution < -0.4 is 0 Å². The third kappa shape index (κ3) is 1.81. The monoisotopic (exact) mass is 192 g/mol. The molecule has 0 radical (unpaired) electrons. The summed E-state index contributed by atoms with van der Waals surface area (Å²) < 4.78 is 0. The lowest BCUT2D eigenvalue weighted by Gasteiger charge is -1.94. The van der Waals surface area contributed by atoms with Crippen molar-refractivity contribution in [2.24, 2.45) is 5.10 Å². The molecule has 2 heterocycles. The molecule has 2 rings (SSSR count). The van der Waals surface area contributed by atoms with Gasteiger partial charge in [-0.05, 0) is 18.4 Å². The van der Waals surface area contributed by atoms with Gasteiger partial charge in [0.2, 0.25) is 0 Å². The first kappa shape index (κ1) is 8.12. The van der Waals surface area contributed by atoms with Crippen molar-refractivity contribution in [3.63, 3.8) is 0 Å². The van der Waals surface area contributed by atoms with Crippen molar-refractivity contribution in [3.8, 4) is 0 Å². The maximum absolute atomic E-state index is 4.23. The Morgan fingerprint density at radius 1 is 1.62 bits per heavy atom. The van der Waals surface area contributed by atoms with Crippen LogP contribution in [0.25, 0.3) is 0 Å². The minimum Gasteiger partial charge on any atom is -0.221 e. The van der Waals surface area contributed by atoms with Gasteiger partial charge in [-0.25, -0.2) is 4.98 Å². The Hall–Kier alpha value is -1.49. The van der Waals surface area contributed by atoms with E-state index in [-0.39, 0.29) is 0 Å². The van der Waals surface area contributed by atoms with Gasteiger partial charge in [0.1, 0.15) is 12.7 Å². The molecule has 66 valence electrons. The molecule has 0 saturated carbocycles. The van der Waals surface area contributed by atoms with Crippen molar-refractivity contribution in [3.05, 3.63) is 35.0 Å². The molecule has 0 N–H and O–H groups in total. The van der Waals surface area contributed by atoms with E-state index >= 15 is 0 Å². The minimum absolute atomic E-state index is 0.945. The topological polar surface area (TPSA) is 43.1 Å². The molecule has 0 fully saturated rings. The fraction of sp³-hybridized carbons (Fsp3) is 0.125. The highest BCUT2D eigenvalue weighted by molar-refractivity contribution is 7.12. The number of thiophene rings is 1. The second kappa shape index (κ2) is 3.49. The van der Waals surface area contributed by atoms with Gasteiger partial charge in [0, 0.05) is 0 Å². The predicted molar refractivity (Wildman–Crippen MR) is 52.0 cm³/mol. The fourth-order valence-corrected chi connectivity index (χ4v) is 1.61. The van der Waals surface area contributed by atoms with Crippen molar-refractivity contribution in [1.29, 1.82) is 0 Å². The zero-order valence-electron chi connectivity index (χ0n) is 7.08. The van der Waals surface area contributed by atoms with Gasteiger partial charge in [0.15, 0.2) is 0 Å². The van der Waals surface area contributed by atoms with Gasteiger partial charge >= 0.3 is 0 Å². The van der Waals surface area contributed by atoms with Crippen LogP contribution in [0.3, 0.4) is 0 Å². The molecule has 0 aliphatic heterocycles. The largest absolute Gasteiger partial charge is 0.221 e. The van der Waals surface area contributed by atoms with Gasteiger partial charge < -0.3 is 0 Å². The second-order valence-electron chi connectivity index (χ2n) is 2.48. The summed E-state index contributed by atoms with van der Waals surface area (Å²) in [4.78, 5) is 6.41. The molecule has 13 heavy (non-hydrogen) atoms. The number of aromatic nitrogens is 3. The quantitative estimate of drug-likeness (QED) is 0.678. The van der Waals surface area contributed by atoms with E-state index in [4.69, 9.17) is 0 Å². The zero-order valence-corrected chi connectivity index (χ0v) is 7.90. The standard InChI is InChI=1S/C8H8N4S/c1-7(8-3-2-4-13-8)11-12-6-9-5-10-12/h2-6H,1H3/b11-7-. The molecular weight excluding hydrogens is 184 g/mol. The number of rotatable bonds is 2. The van der Waals surface area contributed by atoms with Crippen molar-refractivity contribution < 1.29 is 0 Å². The van der Waals surface area contributed by atoms with Gasteiger partial charge in [-0.2, -0.15) is 5.10 Å². The molecule has 5 heteroatoms. The summed E-state index contributed by atoms with van der Waals surface area (Å²) in [7, 11) is 0. The molecule has 0 aliphatic rings. The van der Waals surface area contributed by atoms with E-state index in [0.29, 0.717) is 0 Å². The molecule has 0 amide bonds. The Morgan fingerprint density at radius 2 is 2.54 bits per heavy atom. The van der Waals surface area contributed by atoms with E-state index in [1.54, 1.807) is 17.7 Å². The highest BCUT2D eigenvalue weighted by Gasteiger charge is 1.97. The molecule has 0 unspecified atom stereocenters. The first-order valence-corrected chi connectivity index (χ1v) is 4.68. The summed E-state index contributed by atoms with van der Waals surface area (Å²) in [6, 6.07) is 4.03. The second-order valence-corrected chi connectivity index (χ2v) is 3.43. The normalized spacial score (nSPS) is 11.9. The number of hydrogen-bond acceptors (Lipinski definition) is 4. The summed E-state index contributed by atoms with van der Waals surface area (Å²) in [5, 5.41) is 10.1. The van der Waals surface area contributed by atoms with Crippen LogP contribution >= 0.6 is 11.3 Å².